The number of ether oxygens (including phenoxy) is 1. The van der Waals surface area contributed by atoms with Crippen LogP contribution in [-0.4, -0.2) is 37.1 Å². The summed E-state index contributed by atoms with van der Waals surface area (Å²) in [5.41, 5.74) is 3.26. The van der Waals surface area contributed by atoms with Crippen molar-refractivity contribution in [1.29, 1.82) is 0 Å². The maximum absolute atomic E-state index is 13.2. The van der Waals surface area contributed by atoms with Crippen LogP contribution >= 0.6 is 11.3 Å². The fraction of sp³-hybridized carbons (Fsp3) is 0.0526. The topological polar surface area (TPSA) is 81.0 Å². The number of aromatic amines is 1. The average Bonchev–Trinajstić information content (AvgIpc) is 3.44. The highest BCUT2D eigenvalue weighted by molar-refractivity contribution is 7.19. The lowest BCUT2D eigenvalue weighted by Gasteiger charge is -1.99. The van der Waals surface area contributed by atoms with Crippen molar-refractivity contribution in [1.82, 2.24) is 30.0 Å². The van der Waals surface area contributed by atoms with Crippen molar-refractivity contribution < 1.29 is 9.13 Å². The molecule has 0 saturated carbocycles. The fourth-order valence-electron chi connectivity index (χ4n) is 2.84. The molecule has 28 heavy (non-hydrogen) atoms. The monoisotopic (exact) mass is 392 g/mol. The number of rotatable bonds is 4. The minimum Gasteiger partial charge on any atom is -0.497 e. The van der Waals surface area contributed by atoms with Gasteiger partial charge in [0.1, 0.15) is 22.3 Å². The average molecular weight is 392 g/mol. The molecular formula is C19H13FN6OS. The minimum absolute atomic E-state index is 0.282. The Morgan fingerprint density at radius 3 is 2.50 bits per heavy atom. The molecule has 0 aliphatic carbocycles. The molecule has 0 aliphatic rings. The number of benzene rings is 2. The number of halogens is 1. The van der Waals surface area contributed by atoms with Gasteiger partial charge in [0.05, 0.1) is 12.8 Å². The summed E-state index contributed by atoms with van der Waals surface area (Å²) in [7, 11) is 1.63. The van der Waals surface area contributed by atoms with Gasteiger partial charge >= 0.3 is 0 Å². The van der Waals surface area contributed by atoms with Gasteiger partial charge in [0.2, 0.25) is 10.8 Å². The van der Waals surface area contributed by atoms with E-state index in [-0.39, 0.29) is 5.82 Å². The SMILES string of the molecule is COc1ccc(-c2cc(-c3nnc4sc(-c5ccc(F)cc5)nn34)[nH]n2)cc1. The van der Waals surface area contributed by atoms with Crippen molar-refractivity contribution in [2.75, 3.05) is 7.11 Å². The molecule has 0 aliphatic heterocycles. The van der Waals surface area contributed by atoms with E-state index in [9.17, 15) is 4.39 Å². The summed E-state index contributed by atoms with van der Waals surface area (Å²) in [5.74, 6) is 1.07. The Morgan fingerprint density at radius 2 is 1.75 bits per heavy atom. The van der Waals surface area contributed by atoms with Crippen LogP contribution in [0.1, 0.15) is 0 Å². The van der Waals surface area contributed by atoms with Crippen LogP contribution in [0.5, 0.6) is 5.75 Å². The molecule has 138 valence electrons. The van der Waals surface area contributed by atoms with E-state index in [4.69, 9.17) is 4.74 Å². The molecule has 0 unspecified atom stereocenters. The Morgan fingerprint density at radius 1 is 1.00 bits per heavy atom. The molecule has 0 fully saturated rings. The van der Waals surface area contributed by atoms with Gasteiger partial charge in [0.15, 0.2) is 0 Å². The van der Waals surface area contributed by atoms with E-state index in [1.54, 1.807) is 23.8 Å². The lowest BCUT2D eigenvalue weighted by Crippen LogP contribution is -1.91. The molecule has 0 saturated heterocycles. The number of aromatic nitrogens is 6. The highest BCUT2D eigenvalue weighted by Gasteiger charge is 2.17. The van der Waals surface area contributed by atoms with Gasteiger partial charge in [-0.05, 0) is 54.6 Å². The Hall–Kier alpha value is -3.59. The fourth-order valence-corrected chi connectivity index (χ4v) is 3.68. The van der Waals surface area contributed by atoms with Gasteiger partial charge in [-0.1, -0.05) is 11.3 Å². The van der Waals surface area contributed by atoms with E-state index in [1.165, 1.54) is 23.5 Å². The van der Waals surface area contributed by atoms with Crippen molar-refractivity contribution in [3.05, 3.63) is 60.4 Å². The lowest BCUT2D eigenvalue weighted by molar-refractivity contribution is 0.415. The van der Waals surface area contributed by atoms with Crippen molar-refractivity contribution >= 4 is 16.3 Å². The number of hydrogen-bond donors (Lipinski definition) is 1. The van der Waals surface area contributed by atoms with E-state index in [0.29, 0.717) is 16.5 Å². The van der Waals surface area contributed by atoms with Crippen LogP contribution in [0.2, 0.25) is 0 Å². The molecule has 0 amide bonds. The third-order valence-corrected chi connectivity index (χ3v) is 5.23. The molecule has 5 rings (SSSR count). The zero-order valence-electron chi connectivity index (χ0n) is 14.6. The molecule has 1 N–H and O–H groups in total. The number of nitrogens with one attached hydrogen (secondary N) is 1. The first-order chi connectivity index (χ1) is 13.7. The van der Waals surface area contributed by atoms with E-state index in [1.807, 2.05) is 30.3 Å². The van der Waals surface area contributed by atoms with Gasteiger partial charge in [0, 0.05) is 11.1 Å². The second-order valence-corrected chi connectivity index (χ2v) is 6.98. The number of nitrogens with zero attached hydrogens (tertiary/aromatic N) is 5. The maximum Gasteiger partial charge on any atom is 0.235 e. The van der Waals surface area contributed by atoms with Crippen LogP contribution < -0.4 is 4.74 Å². The highest BCUT2D eigenvalue weighted by Crippen LogP contribution is 2.29. The molecule has 5 aromatic rings. The zero-order valence-corrected chi connectivity index (χ0v) is 15.4. The molecular weight excluding hydrogens is 379 g/mol. The minimum atomic E-state index is -0.282. The molecule has 0 radical (unpaired) electrons. The summed E-state index contributed by atoms with van der Waals surface area (Å²) in [4.78, 5) is 0.648. The molecule has 9 heteroatoms. The first-order valence-electron chi connectivity index (χ1n) is 8.39. The Bertz CT molecular complexity index is 1260. The van der Waals surface area contributed by atoms with Crippen LogP contribution in [0.3, 0.4) is 0 Å². The highest BCUT2D eigenvalue weighted by atomic mass is 32.1. The van der Waals surface area contributed by atoms with Gasteiger partial charge < -0.3 is 4.74 Å². The van der Waals surface area contributed by atoms with Crippen molar-refractivity contribution in [2.45, 2.75) is 0 Å². The summed E-state index contributed by atoms with van der Waals surface area (Å²) in [6.07, 6.45) is 0. The third kappa shape index (κ3) is 2.81. The summed E-state index contributed by atoms with van der Waals surface area (Å²) in [5, 5.41) is 21.1. The predicted molar refractivity (Wildman–Crippen MR) is 104 cm³/mol. The molecule has 2 aromatic carbocycles. The summed E-state index contributed by atoms with van der Waals surface area (Å²) >= 11 is 1.39. The second kappa shape index (κ2) is 6.54. The van der Waals surface area contributed by atoms with Crippen molar-refractivity contribution in [3.8, 4) is 39.1 Å². The third-order valence-electron chi connectivity index (χ3n) is 4.29. The number of hydrogen-bond acceptors (Lipinski definition) is 6. The number of methoxy groups -OCH3 is 1. The standard InChI is InChI=1S/C19H13FN6OS/c1-27-14-8-4-11(5-9-14)15-10-16(22-21-15)17-23-24-19-26(17)25-18(28-19)12-2-6-13(20)7-3-12/h2-10H,1H3,(H,21,22). The van der Waals surface area contributed by atoms with Gasteiger partial charge in [-0.15, -0.1) is 10.2 Å². The van der Waals surface area contributed by atoms with E-state index >= 15 is 0 Å². The van der Waals surface area contributed by atoms with Crippen LogP contribution in [0.15, 0.2) is 54.6 Å². The Kier molecular flexibility index (Phi) is 3.87. The summed E-state index contributed by atoms with van der Waals surface area (Å²) in [6, 6.07) is 15.7. The molecule has 0 atom stereocenters. The maximum atomic E-state index is 13.2. The van der Waals surface area contributed by atoms with Gasteiger partial charge in [-0.25, -0.2) is 4.39 Å². The van der Waals surface area contributed by atoms with Gasteiger partial charge in [-0.2, -0.15) is 14.7 Å². The smallest absolute Gasteiger partial charge is 0.235 e. The largest absolute Gasteiger partial charge is 0.497 e. The van der Waals surface area contributed by atoms with Crippen LogP contribution in [-0.2, 0) is 0 Å². The summed E-state index contributed by atoms with van der Waals surface area (Å²) in [6.45, 7) is 0. The molecule has 0 spiro atoms. The van der Waals surface area contributed by atoms with E-state index in [2.05, 4.69) is 25.5 Å². The quantitative estimate of drug-likeness (QED) is 0.499. The second-order valence-electron chi connectivity index (χ2n) is 6.03. The van der Waals surface area contributed by atoms with Crippen molar-refractivity contribution in [2.24, 2.45) is 0 Å². The Labute approximate surface area is 162 Å². The van der Waals surface area contributed by atoms with Crippen LogP contribution in [0, 0.1) is 5.82 Å². The number of H-pyrrole nitrogens is 1. The van der Waals surface area contributed by atoms with E-state index < -0.39 is 0 Å². The normalized spacial score (nSPS) is 11.2. The Balaban J connectivity index is 1.51. The van der Waals surface area contributed by atoms with E-state index in [0.717, 1.165) is 27.6 Å². The molecule has 0 bridgehead atoms. The molecule has 3 heterocycles. The summed E-state index contributed by atoms with van der Waals surface area (Å²) < 4.78 is 20.0. The first kappa shape index (κ1) is 16.6. The van der Waals surface area contributed by atoms with Gasteiger partial charge in [-0.3, -0.25) is 5.10 Å². The first-order valence-corrected chi connectivity index (χ1v) is 9.21. The number of fused-ring (bicyclic) bond motifs is 1. The predicted octanol–water partition coefficient (Wildman–Crippen LogP) is 4.06. The van der Waals surface area contributed by atoms with Crippen LogP contribution in [0.4, 0.5) is 4.39 Å². The molecule has 3 aromatic heterocycles. The van der Waals surface area contributed by atoms with Crippen LogP contribution in [0.25, 0.3) is 38.3 Å². The van der Waals surface area contributed by atoms with Crippen molar-refractivity contribution in [3.63, 3.8) is 0 Å². The van der Waals surface area contributed by atoms with Gasteiger partial charge in [0.25, 0.3) is 0 Å². The lowest BCUT2D eigenvalue weighted by atomic mass is 10.1. The zero-order chi connectivity index (χ0) is 19.1. The molecule has 7 nitrogen and oxygen atoms in total.